The molecule has 2 atom stereocenters. The van der Waals surface area contributed by atoms with Gasteiger partial charge in [0.2, 0.25) is 0 Å². The Labute approximate surface area is 99.5 Å². The van der Waals surface area contributed by atoms with Crippen molar-refractivity contribution >= 4 is 23.4 Å². The molecule has 0 spiro atoms. The van der Waals surface area contributed by atoms with E-state index in [9.17, 15) is 0 Å². The number of hydrogen-bond donors (Lipinski definition) is 1. The van der Waals surface area contributed by atoms with Crippen LogP contribution in [-0.2, 0) is 0 Å². The highest BCUT2D eigenvalue weighted by molar-refractivity contribution is 7.71. The van der Waals surface area contributed by atoms with E-state index in [1.54, 1.807) is 0 Å². The Morgan fingerprint density at radius 2 is 2.50 bits per heavy atom. The van der Waals surface area contributed by atoms with Gasteiger partial charge in [-0.15, -0.1) is 0 Å². The molecule has 0 amide bonds. The van der Waals surface area contributed by atoms with Gasteiger partial charge in [-0.1, -0.05) is 13.3 Å². The summed E-state index contributed by atoms with van der Waals surface area (Å²) in [5.74, 6) is 0.803. The molecule has 16 heavy (non-hydrogen) atoms. The van der Waals surface area contributed by atoms with Crippen LogP contribution in [0.15, 0.2) is 18.3 Å². The smallest absolute Gasteiger partial charge is 0.179 e. The summed E-state index contributed by atoms with van der Waals surface area (Å²) in [7, 11) is 0. The van der Waals surface area contributed by atoms with Gasteiger partial charge in [-0.2, -0.15) is 0 Å². The van der Waals surface area contributed by atoms with Crippen molar-refractivity contribution in [3.63, 3.8) is 0 Å². The first kappa shape index (κ1) is 10.0. The van der Waals surface area contributed by atoms with Crippen molar-refractivity contribution in [2.45, 2.75) is 32.2 Å². The maximum atomic E-state index is 5.37. The second kappa shape index (κ2) is 3.70. The molecule has 0 saturated heterocycles. The molecule has 2 aromatic heterocycles. The van der Waals surface area contributed by atoms with E-state index in [1.807, 2.05) is 18.3 Å². The van der Waals surface area contributed by atoms with Gasteiger partial charge >= 0.3 is 0 Å². The van der Waals surface area contributed by atoms with Crippen LogP contribution in [-0.4, -0.2) is 14.5 Å². The molecule has 84 valence electrons. The summed E-state index contributed by atoms with van der Waals surface area (Å²) < 4.78 is 3.02. The standard InChI is InChI=1S/C12H15N3S/c1-2-4-8-7-10(8)15-11-9(14-12(15)16)5-3-6-13-11/h3,5-6,8,10H,2,4,7H2,1H3,(H,14,16). The lowest BCUT2D eigenvalue weighted by molar-refractivity contribution is 0.611. The van der Waals surface area contributed by atoms with Gasteiger partial charge in [-0.05, 0) is 43.1 Å². The van der Waals surface area contributed by atoms with Crippen LogP contribution >= 0.6 is 12.2 Å². The van der Waals surface area contributed by atoms with Crippen molar-refractivity contribution in [3.05, 3.63) is 23.1 Å². The molecule has 1 saturated carbocycles. The summed E-state index contributed by atoms with van der Waals surface area (Å²) in [5, 5.41) is 0. The Hall–Kier alpha value is -1.16. The fourth-order valence-electron chi connectivity index (χ4n) is 2.49. The van der Waals surface area contributed by atoms with E-state index < -0.39 is 0 Å². The Kier molecular flexibility index (Phi) is 2.32. The van der Waals surface area contributed by atoms with Crippen LogP contribution in [0.3, 0.4) is 0 Å². The van der Waals surface area contributed by atoms with Gasteiger partial charge in [0, 0.05) is 12.2 Å². The third-order valence-electron chi connectivity index (χ3n) is 3.35. The van der Waals surface area contributed by atoms with Gasteiger partial charge in [-0.3, -0.25) is 4.57 Å². The number of imidazole rings is 1. The van der Waals surface area contributed by atoms with Crippen LogP contribution in [0.5, 0.6) is 0 Å². The number of aromatic amines is 1. The lowest BCUT2D eigenvalue weighted by Gasteiger charge is -2.01. The van der Waals surface area contributed by atoms with Crippen LogP contribution in [0, 0.1) is 10.7 Å². The summed E-state index contributed by atoms with van der Waals surface area (Å²) >= 11 is 5.37. The first-order valence-electron chi connectivity index (χ1n) is 5.86. The van der Waals surface area contributed by atoms with Crippen LogP contribution in [0.1, 0.15) is 32.2 Å². The molecule has 0 bridgehead atoms. The van der Waals surface area contributed by atoms with Crippen molar-refractivity contribution in [2.75, 3.05) is 0 Å². The zero-order chi connectivity index (χ0) is 11.1. The van der Waals surface area contributed by atoms with Gasteiger partial charge in [-0.25, -0.2) is 4.98 Å². The van der Waals surface area contributed by atoms with E-state index in [2.05, 4.69) is 21.5 Å². The van der Waals surface area contributed by atoms with E-state index in [0.29, 0.717) is 6.04 Å². The number of rotatable bonds is 3. The summed E-state index contributed by atoms with van der Waals surface area (Å²) in [4.78, 5) is 7.65. The number of hydrogen-bond acceptors (Lipinski definition) is 2. The van der Waals surface area contributed by atoms with Crippen molar-refractivity contribution < 1.29 is 0 Å². The summed E-state index contributed by atoms with van der Waals surface area (Å²) in [6.07, 6.45) is 5.64. The van der Waals surface area contributed by atoms with Gasteiger partial charge in [0.1, 0.15) is 0 Å². The minimum Gasteiger partial charge on any atom is -0.329 e. The molecule has 2 heterocycles. The molecule has 0 aliphatic heterocycles. The van der Waals surface area contributed by atoms with Crippen LogP contribution in [0.2, 0.25) is 0 Å². The van der Waals surface area contributed by atoms with Crippen molar-refractivity contribution in [1.29, 1.82) is 0 Å². The number of H-pyrrole nitrogens is 1. The SMILES string of the molecule is CCCC1CC1n1c(=S)[nH]c2cccnc21. The van der Waals surface area contributed by atoms with Crippen molar-refractivity contribution in [2.24, 2.45) is 5.92 Å². The Balaban J connectivity index is 2.04. The van der Waals surface area contributed by atoms with Gasteiger partial charge < -0.3 is 4.98 Å². The molecule has 1 aliphatic carbocycles. The number of nitrogens with one attached hydrogen (secondary N) is 1. The van der Waals surface area contributed by atoms with Crippen LogP contribution in [0.4, 0.5) is 0 Å². The molecule has 2 aromatic rings. The van der Waals surface area contributed by atoms with E-state index in [4.69, 9.17) is 12.2 Å². The number of nitrogens with zero attached hydrogens (tertiary/aromatic N) is 2. The monoisotopic (exact) mass is 233 g/mol. The maximum Gasteiger partial charge on any atom is 0.179 e. The fourth-order valence-corrected chi connectivity index (χ4v) is 2.83. The molecule has 4 heteroatoms. The Bertz CT molecular complexity index is 569. The number of fused-ring (bicyclic) bond motifs is 1. The van der Waals surface area contributed by atoms with Gasteiger partial charge in [0.05, 0.1) is 5.52 Å². The summed E-state index contributed by atoms with van der Waals surface area (Å²) in [6, 6.07) is 4.55. The van der Waals surface area contributed by atoms with E-state index in [1.165, 1.54) is 19.3 Å². The predicted molar refractivity (Wildman–Crippen MR) is 67.0 cm³/mol. The third kappa shape index (κ3) is 1.48. The second-order valence-corrected chi connectivity index (χ2v) is 4.91. The number of aromatic nitrogens is 3. The van der Waals surface area contributed by atoms with Crippen LogP contribution < -0.4 is 0 Å². The minimum atomic E-state index is 0.580. The molecular weight excluding hydrogens is 218 g/mol. The first-order valence-corrected chi connectivity index (χ1v) is 6.27. The topological polar surface area (TPSA) is 33.6 Å². The quantitative estimate of drug-likeness (QED) is 0.824. The number of pyridine rings is 1. The molecule has 1 aliphatic rings. The van der Waals surface area contributed by atoms with E-state index in [0.717, 1.165) is 21.9 Å². The van der Waals surface area contributed by atoms with Gasteiger partial charge in [0.25, 0.3) is 0 Å². The fraction of sp³-hybridized carbons (Fsp3) is 0.500. The average Bonchev–Trinajstić information content (AvgIpc) is 2.92. The zero-order valence-electron chi connectivity index (χ0n) is 9.31. The van der Waals surface area contributed by atoms with Gasteiger partial charge in [0.15, 0.2) is 10.4 Å². The largest absolute Gasteiger partial charge is 0.329 e. The van der Waals surface area contributed by atoms with E-state index in [-0.39, 0.29) is 0 Å². The summed E-state index contributed by atoms with van der Waals surface area (Å²) in [6.45, 7) is 2.24. The molecule has 3 nitrogen and oxygen atoms in total. The minimum absolute atomic E-state index is 0.580. The highest BCUT2D eigenvalue weighted by Crippen LogP contribution is 2.47. The molecule has 1 N–H and O–H groups in total. The van der Waals surface area contributed by atoms with E-state index >= 15 is 0 Å². The molecular formula is C12H15N3S. The normalized spacial score (nSPS) is 23.8. The summed E-state index contributed by atoms with van der Waals surface area (Å²) in [5.41, 5.74) is 2.06. The Morgan fingerprint density at radius 3 is 3.31 bits per heavy atom. The first-order chi connectivity index (χ1) is 7.81. The van der Waals surface area contributed by atoms with Crippen molar-refractivity contribution in [3.8, 4) is 0 Å². The molecule has 0 aromatic carbocycles. The lowest BCUT2D eigenvalue weighted by atomic mass is 10.2. The second-order valence-electron chi connectivity index (χ2n) is 4.53. The zero-order valence-corrected chi connectivity index (χ0v) is 10.1. The molecule has 1 fully saturated rings. The Morgan fingerprint density at radius 1 is 1.62 bits per heavy atom. The molecule has 0 radical (unpaired) electrons. The maximum absolute atomic E-state index is 5.37. The predicted octanol–water partition coefficient (Wildman–Crippen LogP) is 3.45. The van der Waals surface area contributed by atoms with Crippen molar-refractivity contribution in [1.82, 2.24) is 14.5 Å². The third-order valence-corrected chi connectivity index (χ3v) is 3.65. The highest BCUT2D eigenvalue weighted by atomic mass is 32.1. The lowest BCUT2D eigenvalue weighted by Crippen LogP contribution is -1.97. The molecule has 3 rings (SSSR count). The average molecular weight is 233 g/mol. The molecule has 2 unspecified atom stereocenters. The van der Waals surface area contributed by atoms with Crippen LogP contribution in [0.25, 0.3) is 11.2 Å². The highest BCUT2D eigenvalue weighted by Gasteiger charge is 2.39.